The third-order valence-electron chi connectivity index (χ3n) is 4.39. The first kappa shape index (κ1) is 31.5. The van der Waals surface area contributed by atoms with Crippen LogP contribution in [-0.2, 0) is 18.9 Å². The molecule has 0 amide bonds. The van der Waals surface area contributed by atoms with Gasteiger partial charge in [-0.3, -0.25) is 0 Å². The summed E-state index contributed by atoms with van der Waals surface area (Å²) in [6, 6.07) is 0. The molecule has 0 unspecified atom stereocenters. The molecular formula is C24H41N3O5Si3. The number of hydrogen-bond acceptors (Lipinski definition) is 6. The van der Waals surface area contributed by atoms with Gasteiger partial charge in [0.05, 0.1) is 6.61 Å². The summed E-state index contributed by atoms with van der Waals surface area (Å²) in [4.78, 5) is 2.91. The van der Waals surface area contributed by atoms with Crippen molar-refractivity contribution in [1.82, 2.24) is 0 Å². The third-order valence-corrected chi connectivity index (χ3v) is 7.17. The second-order valence-corrected chi connectivity index (χ2v) is 25.7. The second kappa shape index (κ2) is 14.2. The minimum absolute atomic E-state index is 0.127. The second-order valence-electron chi connectivity index (χ2n) is 11.4. The van der Waals surface area contributed by atoms with Gasteiger partial charge >= 0.3 is 0 Å². The van der Waals surface area contributed by atoms with Crippen molar-refractivity contribution in [3.8, 4) is 34.4 Å². The van der Waals surface area contributed by atoms with E-state index in [1.807, 2.05) is 0 Å². The van der Waals surface area contributed by atoms with Crippen LogP contribution in [0.25, 0.3) is 10.4 Å². The predicted molar refractivity (Wildman–Crippen MR) is 147 cm³/mol. The Kier molecular flexibility index (Phi) is 12.8. The SMILES string of the molecule is C[Si](C)(C)C#CCO[C@@H]1[C@@H](OCC#C[Si](C)(C)C)[C@@H](N=[N+]=[N-])O[C@H](CO)[C@H]1OCC#C[Si](C)(C)C. The van der Waals surface area contributed by atoms with Gasteiger partial charge in [-0.25, -0.2) is 0 Å². The number of azide groups is 1. The van der Waals surface area contributed by atoms with Crippen LogP contribution in [0.2, 0.25) is 58.9 Å². The topological polar surface area (TPSA) is 106 Å². The van der Waals surface area contributed by atoms with Crippen molar-refractivity contribution in [3.63, 3.8) is 0 Å². The highest BCUT2D eigenvalue weighted by atomic mass is 28.3. The Balaban J connectivity index is 3.25. The lowest BCUT2D eigenvalue weighted by Crippen LogP contribution is -2.60. The van der Waals surface area contributed by atoms with E-state index in [4.69, 9.17) is 24.5 Å². The Labute approximate surface area is 214 Å². The number of ether oxygens (including phenoxy) is 4. The van der Waals surface area contributed by atoms with Crippen LogP contribution < -0.4 is 0 Å². The van der Waals surface area contributed by atoms with Gasteiger partial charge in [0.15, 0.2) is 6.23 Å². The number of aliphatic hydroxyl groups excluding tert-OH is 1. The van der Waals surface area contributed by atoms with Crippen LogP contribution in [0.15, 0.2) is 5.11 Å². The van der Waals surface area contributed by atoms with Crippen LogP contribution in [0.5, 0.6) is 0 Å². The van der Waals surface area contributed by atoms with Gasteiger partial charge in [-0.1, -0.05) is 81.8 Å². The quantitative estimate of drug-likeness (QED) is 0.167. The van der Waals surface area contributed by atoms with Gasteiger partial charge in [-0.15, -0.1) is 16.6 Å². The normalized spacial score (nSPS) is 24.6. The maximum atomic E-state index is 10.0. The van der Waals surface area contributed by atoms with Gasteiger partial charge in [0.2, 0.25) is 0 Å². The van der Waals surface area contributed by atoms with E-state index in [0.717, 1.165) is 0 Å². The molecule has 1 N–H and O–H groups in total. The van der Waals surface area contributed by atoms with Crippen LogP contribution in [0.3, 0.4) is 0 Å². The molecule has 5 atom stereocenters. The van der Waals surface area contributed by atoms with Crippen molar-refractivity contribution in [3.05, 3.63) is 10.4 Å². The highest BCUT2D eigenvalue weighted by Gasteiger charge is 2.47. The molecule has 0 saturated carbocycles. The summed E-state index contributed by atoms with van der Waals surface area (Å²) in [5, 5.41) is 13.8. The molecule has 1 aliphatic rings. The highest BCUT2D eigenvalue weighted by molar-refractivity contribution is 6.84. The smallest absolute Gasteiger partial charge is 0.165 e. The Morgan fingerprint density at radius 3 is 1.51 bits per heavy atom. The molecule has 1 saturated heterocycles. The third kappa shape index (κ3) is 13.4. The molecule has 0 aromatic heterocycles. The molecule has 0 radical (unpaired) electrons. The molecule has 0 bridgehead atoms. The first-order valence-corrected chi connectivity index (χ1v) is 22.3. The van der Waals surface area contributed by atoms with Crippen LogP contribution in [0.4, 0.5) is 0 Å². The lowest BCUT2D eigenvalue weighted by molar-refractivity contribution is -0.254. The zero-order chi connectivity index (χ0) is 26.7. The van der Waals surface area contributed by atoms with E-state index >= 15 is 0 Å². The Bertz CT molecular complexity index is 917. The van der Waals surface area contributed by atoms with Crippen molar-refractivity contribution in [1.29, 1.82) is 0 Å². The standard InChI is InChI=1S/C24H41N3O5Si3/c1-33(2,3)16-10-13-29-21-20(19-28)32-24(26-27-25)23(31-15-12-18-35(7,8)9)22(21)30-14-11-17-34(4,5)6/h20-24,28H,13-15,19H2,1-9H3/t20-,21-,22+,23-,24+/m1/s1. The molecular weight excluding hydrogens is 495 g/mol. The molecule has 1 rings (SSSR count). The molecule has 0 aromatic carbocycles. The van der Waals surface area contributed by atoms with Gasteiger partial charge in [0.25, 0.3) is 0 Å². The number of hydrogen-bond donors (Lipinski definition) is 1. The van der Waals surface area contributed by atoms with Crippen LogP contribution in [0, 0.1) is 34.4 Å². The van der Waals surface area contributed by atoms with E-state index in [-0.39, 0.29) is 26.4 Å². The van der Waals surface area contributed by atoms with Gasteiger partial charge in [-0.2, -0.15) is 0 Å². The van der Waals surface area contributed by atoms with Crippen LogP contribution >= 0.6 is 0 Å². The largest absolute Gasteiger partial charge is 0.394 e. The first-order valence-electron chi connectivity index (χ1n) is 11.8. The van der Waals surface area contributed by atoms with E-state index in [9.17, 15) is 5.11 Å². The molecule has 11 heteroatoms. The summed E-state index contributed by atoms with van der Waals surface area (Å²) in [6.07, 6.45) is -3.96. The Morgan fingerprint density at radius 2 is 1.14 bits per heavy atom. The zero-order valence-corrected chi connectivity index (χ0v) is 25.6. The summed E-state index contributed by atoms with van der Waals surface area (Å²) in [5.41, 5.74) is 18.9. The van der Waals surface area contributed by atoms with Crippen molar-refractivity contribution >= 4 is 24.2 Å². The predicted octanol–water partition coefficient (Wildman–Crippen LogP) is 3.81. The summed E-state index contributed by atoms with van der Waals surface area (Å²) in [5.74, 6) is 9.24. The summed E-state index contributed by atoms with van der Waals surface area (Å²) in [7, 11) is -4.71. The fraction of sp³-hybridized carbons (Fsp3) is 0.750. The van der Waals surface area contributed by atoms with Crippen molar-refractivity contribution in [2.75, 3.05) is 26.4 Å². The van der Waals surface area contributed by atoms with Gasteiger partial charge < -0.3 is 24.1 Å². The zero-order valence-electron chi connectivity index (χ0n) is 22.6. The van der Waals surface area contributed by atoms with E-state index in [2.05, 4.69) is 103 Å². The Hall–Kier alpha value is -1.56. The molecule has 1 heterocycles. The van der Waals surface area contributed by atoms with E-state index in [0.29, 0.717) is 0 Å². The molecule has 1 fully saturated rings. The molecule has 0 aromatic rings. The molecule has 8 nitrogen and oxygen atoms in total. The van der Waals surface area contributed by atoms with E-state index < -0.39 is 54.9 Å². The highest BCUT2D eigenvalue weighted by Crippen LogP contribution is 2.29. The first-order chi connectivity index (χ1) is 16.2. The fourth-order valence-electron chi connectivity index (χ4n) is 3.07. The summed E-state index contributed by atoms with van der Waals surface area (Å²) >= 11 is 0. The van der Waals surface area contributed by atoms with Crippen LogP contribution in [-0.4, -0.2) is 86.4 Å². The molecule has 194 valence electrons. The van der Waals surface area contributed by atoms with Crippen LogP contribution in [0.1, 0.15) is 0 Å². The van der Waals surface area contributed by atoms with E-state index in [1.165, 1.54) is 0 Å². The maximum Gasteiger partial charge on any atom is 0.165 e. The Morgan fingerprint density at radius 1 is 0.743 bits per heavy atom. The minimum atomic E-state index is -1.58. The summed E-state index contributed by atoms with van der Waals surface area (Å²) in [6.45, 7) is 19.4. The molecule has 1 aliphatic heterocycles. The van der Waals surface area contributed by atoms with Gasteiger partial charge in [-0.05, 0) is 5.53 Å². The lowest BCUT2D eigenvalue weighted by Gasteiger charge is -2.43. The van der Waals surface area contributed by atoms with Crippen molar-refractivity contribution in [2.24, 2.45) is 5.11 Å². The number of rotatable bonds is 8. The summed E-state index contributed by atoms with van der Waals surface area (Å²) < 4.78 is 24.1. The van der Waals surface area contributed by atoms with Gasteiger partial charge in [0.1, 0.15) is 68.5 Å². The monoisotopic (exact) mass is 535 g/mol. The molecule has 0 aliphatic carbocycles. The van der Waals surface area contributed by atoms with Crippen molar-refractivity contribution in [2.45, 2.75) is 89.6 Å². The average Bonchev–Trinajstić information content (AvgIpc) is 2.71. The average molecular weight is 536 g/mol. The fourth-order valence-corrected chi connectivity index (χ4v) is 4.88. The van der Waals surface area contributed by atoms with Gasteiger partial charge in [0, 0.05) is 4.91 Å². The minimum Gasteiger partial charge on any atom is -0.394 e. The lowest BCUT2D eigenvalue weighted by atomic mass is 9.97. The molecule has 0 spiro atoms. The number of nitrogens with zero attached hydrogens (tertiary/aromatic N) is 3. The maximum absolute atomic E-state index is 10.0. The van der Waals surface area contributed by atoms with Crippen molar-refractivity contribution < 1.29 is 24.1 Å². The molecule has 35 heavy (non-hydrogen) atoms. The number of aliphatic hydroxyl groups is 1. The van der Waals surface area contributed by atoms with E-state index in [1.54, 1.807) is 0 Å².